The zero-order valence-corrected chi connectivity index (χ0v) is 17.1. The fourth-order valence-corrected chi connectivity index (χ4v) is 3.12. The number of esters is 1. The summed E-state index contributed by atoms with van der Waals surface area (Å²) in [7, 11) is 1.28. The third-order valence-electron chi connectivity index (χ3n) is 4.66. The lowest BCUT2D eigenvalue weighted by atomic mass is 10.2. The zero-order valence-electron chi connectivity index (χ0n) is 17.1. The van der Waals surface area contributed by atoms with E-state index in [0.29, 0.717) is 37.4 Å². The van der Waals surface area contributed by atoms with E-state index < -0.39 is 17.0 Å². The summed E-state index contributed by atoms with van der Waals surface area (Å²) in [6.45, 7) is 3.46. The Bertz CT molecular complexity index is 959. The molecule has 1 saturated heterocycles. The maximum absolute atomic E-state index is 11.9. The molecule has 31 heavy (non-hydrogen) atoms. The molecule has 0 aliphatic carbocycles. The molecule has 0 saturated carbocycles. The predicted octanol–water partition coefficient (Wildman–Crippen LogP) is 2.19. The monoisotopic (exact) mass is 430 g/mol. The van der Waals surface area contributed by atoms with Gasteiger partial charge in [0.15, 0.2) is 0 Å². The predicted molar refractivity (Wildman–Crippen MR) is 111 cm³/mol. The summed E-state index contributed by atoms with van der Waals surface area (Å²) in [6, 6.07) is 6.26. The lowest BCUT2D eigenvalue weighted by molar-refractivity contribution is -0.383. The molecule has 3 rings (SSSR count). The third kappa shape index (κ3) is 4.97. The van der Waals surface area contributed by atoms with Crippen LogP contribution in [-0.4, -0.2) is 71.7 Å². The van der Waals surface area contributed by atoms with Crippen LogP contribution in [0.2, 0.25) is 0 Å². The van der Waals surface area contributed by atoms with Gasteiger partial charge >= 0.3 is 17.7 Å². The van der Waals surface area contributed by atoms with E-state index in [4.69, 9.17) is 4.74 Å². The molecule has 164 valence electrons. The van der Waals surface area contributed by atoms with Gasteiger partial charge in [-0.2, -0.15) is 0 Å². The molecule has 2 aromatic rings. The molecule has 0 atom stereocenters. The molecule has 1 aromatic carbocycles. The van der Waals surface area contributed by atoms with Gasteiger partial charge in [0.2, 0.25) is 11.6 Å². The first-order valence-electron chi connectivity index (χ1n) is 9.56. The van der Waals surface area contributed by atoms with Gasteiger partial charge in [0.25, 0.3) is 0 Å². The van der Waals surface area contributed by atoms with Crippen LogP contribution in [0, 0.1) is 10.1 Å². The average Bonchev–Trinajstić information content (AvgIpc) is 2.79. The smallest absolute Gasteiger partial charge is 0.409 e. The molecule has 1 aliphatic rings. The van der Waals surface area contributed by atoms with Crippen molar-refractivity contribution in [2.24, 2.45) is 0 Å². The summed E-state index contributed by atoms with van der Waals surface area (Å²) in [6.07, 6.45) is 0.836. The number of aromatic nitrogens is 2. The van der Waals surface area contributed by atoms with E-state index in [-0.39, 0.29) is 23.9 Å². The first-order chi connectivity index (χ1) is 14.9. The number of anilines is 3. The molecule has 1 N–H and O–H groups in total. The van der Waals surface area contributed by atoms with Gasteiger partial charge in [0.1, 0.15) is 6.33 Å². The SMILES string of the molecule is CCOC(=O)N1CCN(c2ncnc(Nc3ccc(C(=O)OC)cc3)c2[N+](=O)[O-])CC1. The van der Waals surface area contributed by atoms with Crippen LogP contribution in [0.4, 0.5) is 27.8 Å². The van der Waals surface area contributed by atoms with E-state index in [1.54, 1.807) is 28.9 Å². The Balaban J connectivity index is 1.80. The number of hydrogen-bond acceptors (Lipinski definition) is 10. The number of rotatable bonds is 6. The molecule has 1 aromatic heterocycles. The van der Waals surface area contributed by atoms with Crippen LogP contribution in [0.3, 0.4) is 0 Å². The highest BCUT2D eigenvalue weighted by Gasteiger charge is 2.30. The van der Waals surface area contributed by atoms with Gasteiger partial charge in [-0.3, -0.25) is 10.1 Å². The van der Waals surface area contributed by atoms with Crippen LogP contribution in [-0.2, 0) is 9.47 Å². The van der Waals surface area contributed by atoms with E-state index in [9.17, 15) is 19.7 Å². The van der Waals surface area contributed by atoms with Gasteiger partial charge < -0.3 is 24.6 Å². The molecule has 12 nitrogen and oxygen atoms in total. The largest absolute Gasteiger partial charge is 0.465 e. The van der Waals surface area contributed by atoms with Crippen molar-refractivity contribution in [3.8, 4) is 0 Å². The Morgan fingerprint density at radius 3 is 2.42 bits per heavy atom. The van der Waals surface area contributed by atoms with E-state index in [1.807, 2.05) is 0 Å². The number of ether oxygens (including phenoxy) is 2. The number of carbonyl (C=O) groups is 2. The fraction of sp³-hybridized carbons (Fsp3) is 0.368. The molecule has 0 spiro atoms. The zero-order chi connectivity index (χ0) is 22.4. The number of benzene rings is 1. The van der Waals surface area contributed by atoms with E-state index in [0.717, 1.165) is 0 Å². The van der Waals surface area contributed by atoms with Crippen LogP contribution >= 0.6 is 0 Å². The molecule has 0 bridgehead atoms. The number of nitrogens with zero attached hydrogens (tertiary/aromatic N) is 5. The van der Waals surface area contributed by atoms with Gasteiger partial charge in [-0.05, 0) is 31.2 Å². The topological polar surface area (TPSA) is 140 Å². The van der Waals surface area contributed by atoms with Gasteiger partial charge in [-0.1, -0.05) is 0 Å². The lowest BCUT2D eigenvalue weighted by Gasteiger charge is -2.34. The first-order valence-corrected chi connectivity index (χ1v) is 9.56. The molecular formula is C19H22N6O6. The van der Waals surface area contributed by atoms with Crippen molar-refractivity contribution in [2.75, 3.05) is 50.1 Å². The Hall–Kier alpha value is -3.96. The van der Waals surface area contributed by atoms with Crippen molar-refractivity contribution in [2.45, 2.75) is 6.92 Å². The number of carbonyl (C=O) groups excluding carboxylic acids is 2. The van der Waals surface area contributed by atoms with Crippen molar-refractivity contribution in [3.63, 3.8) is 0 Å². The highest BCUT2D eigenvalue weighted by molar-refractivity contribution is 5.90. The minimum Gasteiger partial charge on any atom is -0.465 e. The molecule has 2 heterocycles. The van der Waals surface area contributed by atoms with Gasteiger partial charge in [0, 0.05) is 31.9 Å². The highest BCUT2D eigenvalue weighted by Crippen LogP contribution is 2.34. The average molecular weight is 430 g/mol. The Kier molecular flexibility index (Phi) is 6.80. The number of methoxy groups -OCH3 is 1. The van der Waals surface area contributed by atoms with Crippen LogP contribution in [0.15, 0.2) is 30.6 Å². The van der Waals surface area contributed by atoms with Crippen molar-refractivity contribution in [3.05, 3.63) is 46.3 Å². The summed E-state index contributed by atoms with van der Waals surface area (Å²) >= 11 is 0. The van der Waals surface area contributed by atoms with Crippen molar-refractivity contribution < 1.29 is 24.0 Å². The van der Waals surface area contributed by atoms with Gasteiger partial charge in [0.05, 0.1) is 24.2 Å². The summed E-state index contributed by atoms with van der Waals surface area (Å²) < 4.78 is 9.65. The third-order valence-corrected chi connectivity index (χ3v) is 4.66. The van der Waals surface area contributed by atoms with Crippen LogP contribution < -0.4 is 10.2 Å². The van der Waals surface area contributed by atoms with Crippen molar-refractivity contribution in [1.82, 2.24) is 14.9 Å². The van der Waals surface area contributed by atoms with Gasteiger partial charge in [-0.25, -0.2) is 19.6 Å². The first kappa shape index (κ1) is 21.7. The van der Waals surface area contributed by atoms with Gasteiger partial charge in [-0.15, -0.1) is 0 Å². The molecule has 0 unspecified atom stereocenters. The van der Waals surface area contributed by atoms with Crippen LogP contribution in [0.1, 0.15) is 17.3 Å². The van der Waals surface area contributed by atoms with Crippen molar-refractivity contribution in [1.29, 1.82) is 0 Å². The van der Waals surface area contributed by atoms with E-state index in [2.05, 4.69) is 20.0 Å². The fourth-order valence-electron chi connectivity index (χ4n) is 3.12. The minimum atomic E-state index is -0.543. The summed E-state index contributed by atoms with van der Waals surface area (Å²) in [5.41, 5.74) is 0.585. The Morgan fingerprint density at radius 2 is 1.84 bits per heavy atom. The maximum Gasteiger partial charge on any atom is 0.409 e. The molecule has 12 heteroatoms. The minimum absolute atomic E-state index is 0.0219. The van der Waals surface area contributed by atoms with Crippen LogP contribution in [0.25, 0.3) is 0 Å². The number of nitro groups is 1. The number of nitrogens with one attached hydrogen (secondary N) is 1. The Morgan fingerprint density at radius 1 is 1.16 bits per heavy atom. The molecule has 1 aliphatic heterocycles. The van der Waals surface area contributed by atoms with Crippen molar-refractivity contribution >= 4 is 35.1 Å². The summed E-state index contributed by atoms with van der Waals surface area (Å²) in [5.74, 6) is -0.297. The molecule has 1 fully saturated rings. The standard InChI is InChI=1S/C19H22N6O6/c1-3-31-19(27)24-10-8-23(9-11-24)17-15(25(28)29)16(20-12-21-17)22-14-6-4-13(5-7-14)18(26)30-2/h4-7,12H,3,8-11H2,1-2H3,(H,20,21,22). The molecule has 0 radical (unpaired) electrons. The second kappa shape index (κ2) is 9.69. The number of piperazine rings is 1. The Labute approximate surface area is 177 Å². The van der Waals surface area contributed by atoms with E-state index in [1.165, 1.54) is 25.6 Å². The maximum atomic E-state index is 11.9. The molecule has 1 amide bonds. The summed E-state index contributed by atoms with van der Waals surface area (Å²) in [4.78, 5) is 46.1. The second-order valence-corrected chi connectivity index (χ2v) is 6.52. The van der Waals surface area contributed by atoms with Crippen LogP contribution in [0.5, 0.6) is 0 Å². The lowest BCUT2D eigenvalue weighted by Crippen LogP contribution is -2.49. The normalized spacial score (nSPS) is 13.5. The van der Waals surface area contributed by atoms with E-state index >= 15 is 0 Å². The number of hydrogen-bond donors (Lipinski definition) is 1. The summed E-state index contributed by atoms with van der Waals surface area (Å²) in [5, 5.41) is 14.7. The quantitative estimate of drug-likeness (QED) is 0.412. The highest BCUT2D eigenvalue weighted by atomic mass is 16.6. The molecular weight excluding hydrogens is 408 g/mol. The second-order valence-electron chi connectivity index (χ2n) is 6.52. The number of amides is 1.